The van der Waals surface area contributed by atoms with Gasteiger partial charge in [0.1, 0.15) is 24.4 Å². The first-order valence-electron chi connectivity index (χ1n) is 13.7. The number of aliphatic hydroxyl groups excluding tert-OH is 2. The minimum absolute atomic E-state index is 0.610. The molecule has 3 aromatic rings. The molecule has 4 heterocycles. The first kappa shape index (κ1) is 27.1. The Morgan fingerprint density at radius 3 is 2.67 bits per heavy atom. The number of hydrogen-bond acceptors (Lipinski definition) is 8. The largest absolute Gasteiger partial charge is 0.387 e. The molecule has 0 radical (unpaired) electrons. The van der Waals surface area contributed by atoms with Gasteiger partial charge in [0.05, 0.1) is 13.2 Å². The Morgan fingerprint density at radius 2 is 1.87 bits per heavy atom. The Bertz CT molecular complexity index is 1300. The fourth-order valence-electron chi connectivity index (χ4n) is 5.69. The lowest BCUT2D eigenvalue weighted by Gasteiger charge is -2.26. The zero-order valence-electron chi connectivity index (χ0n) is 22.7. The summed E-state index contributed by atoms with van der Waals surface area (Å²) in [6.07, 6.45) is -3.31. The molecule has 0 aliphatic carbocycles. The van der Waals surface area contributed by atoms with Crippen LogP contribution in [0.25, 0.3) is 10.4 Å². The second-order valence-electron chi connectivity index (χ2n) is 11.2. The van der Waals surface area contributed by atoms with E-state index in [1.54, 1.807) is 25.2 Å². The van der Waals surface area contributed by atoms with Crippen LogP contribution in [0.5, 0.6) is 0 Å². The number of aliphatic hydroxyl groups is 2. The predicted octanol–water partition coefficient (Wildman–Crippen LogP) is 4.42. The Hall–Kier alpha value is -2.14. The number of aryl methyl sites for hydroxylation is 1. The highest BCUT2D eigenvalue weighted by Gasteiger charge is 2.56. The minimum atomic E-state index is -0.992. The van der Waals surface area contributed by atoms with Gasteiger partial charge in [-0.15, -0.1) is 11.3 Å². The molecular weight excluding hydrogens is 514 g/mol. The quantitative estimate of drug-likeness (QED) is 0.450. The zero-order chi connectivity index (χ0) is 27.1. The second kappa shape index (κ2) is 11.0. The molecule has 7 nitrogen and oxygen atoms in total. The molecule has 3 aliphatic rings. The molecule has 3 saturated heterocycles. The molecule has 0 spiro atoms. The van der Waals surface area contributed by atoms with E-state index in [1.165, 1.54) is 20.9 Å². The molecule has 5 unspecified atom stereocenters. The molecule has 5 atom stereocenters. The molecule has 39 heavy (non-hydrogen) atoms. The van der Waals surface area contributed by atoms with Crippen molar-refractivity contribution in [2.45, 2.75) is 70.2 Å². The molecule has 208 valence electrons. The second-order valence-corrected chi connectivity index (χ2v) is 12.4. The molecule has 1 aromatic heterocycles. The van der Waals surface area contributed by atoms with Crippen LogP contribution in [0.3, 0.4) is 0 Å². The maximum Gasteiger partial charge on any atom is 0.190 e. The highest BCUT2D eigenvalue weighted by molar-refractivity contribution is 7.15. The van der Waals surface area contributed by atoms with Crippen LogP contribution in [0.15, 0.2) is 54.6 Å². The number of benzene rings is 2. The van der Waals surface area contributed by atoms with Crippen molar-refractivity contribution in [3.05, 3.63) is 81.7 Å². The lowest BCUT2D eigenvalue weighted by Crippen LogP contribution is -2.37. The van der Waals surface area contributed by atoms with Crippen molar-refractivity contribution in [1.29, 1.82) is 0 Å². The van der Waals surface area contributed by atoms with Gasteiger partial charge in [-0.05, 0) is 66.8 Å². The molecule has 6 rings (SSSR count). The maximum atomic E-state index is 11.1. The van der Waals surface area contributed by atoms with Crippen molar-refractivity contribution in [2.24, 2.45) is 0 Å². The van der Waals surface area contributed by atoms with Gasteiger partial charge < -0.3 is 29.2 Å². The van der Waals surface area contributed by atoms with Gasteiger partial charge in [-0.25, -0.2) is 0 Å². The van der Waals surface area contributed by atoms with Crippen molar-refractivity contribution in [3.63, 3.8) is 0 Å². The van der Waals surface area contributed by atoms with E-state index in [2.05, 4.69) is 48.2 Å². The van der Waals surface area contributed by atoms with E-state index in [-0.39, 0.29) is 0 Å². The summed E-state index contributed by atoms with van der Waals surface area (Å²) in [4.78, 5) is 4.95. The number of hydrogen-bond donors (Lipinski definition) is 2. The van der Waals surface area contributed by atoms with Gasteiger partial charge in [-0.1, -0.05) is 36.4 Å². The zero-order valence-corrected chi connectivity index (χ0v) is 23.5. The summed E-state index contributed by atoms with van der Waals surface area (Å²) >= 11 is 1.80. The minimum Gasteiger partial charge on any atom is -0.387 e. The topological polar surface area (TPSA) is 80.6 Å². The summed E-state index contributed by atoms with van der Waals surface area (Å²) in [7, 11) is 0. The van der Waals surface area contributed by atoms with E-state index in [1.807, 2.05) is 18.2 Å². The van der Waals surface area contributed by atoms with Crippen LogP contribution >= 0.6 is 11.3 Å². The number of fused-ring (bicyclic) bond motifs is 1. The SMILES string of the molecule is Cc1ccc(C(O)C2OC3OC(C)(C)OC3C2O)cc1Cc1ccc(-c2cccc(CN3CCOCC3)c2)s1. The smallest absolute Gasteiger partial charge is 0.190 e. The third kappa shape index (κ3) is 5.85. The molecule has 0 bridgehead atoms. The molecule has 3 aliphatic heterocycles. The third-order valence-electron chi connectivity index (χ3n) is 7.83. The van der Waals surface area contributed by atoms with Crippen molar-refractivity contribution in [3.8, 4) is 10.4 Å². The summed E-state index contributed by atoms with van der Waals surface area (Å²) in [5.41, 5.74) is 5.57. The average molecular weight is 552 g/mol. The maximum absolute atomic E-state index is 11.1. The first-order chi connectivity index (χ1) is 18.8. The summed E-state index contributed by atoms with van der Waals surface area (Å²) in [6, 6.07) is 19.2. The average Bonchev–Trinajstić information content (AvgIpc) is 3.59. The van der Waals surface area contributed by atoms with Gasteiger partial charge in [0.25, 0.3) is 0 Å². The Balaban J connectivity index is 1.14. The summed E-state index contributed by atoms with van der Waals surface area (Å²) in [5.74, 6) is -0.813. The van der Waals surface area contributed by atoms with Gasteiger partial charge in [-0.2, -0.15) is 0 Å². The molecule has 0 amide bonds. The van der Waals surface area contributed by atoms with Gasteiger partial charge >= 0.3 is 0 Å². The number of thiophene rings is 1. The molecule has 2 aromatic carbocycles. The van der Waals surface area contributed by atoms with Gasteiger partial charge in [-0.3, -0.25) is 4.90 Å². The summed E-state index contributed by atoms with van der Waals surface area (Å²) in [5, 5.41) is 22.0. The highest BCUT2D eigenvalue weighted by atomic mass is 32.1. The predicted molar refractivity (Wildman–Crippen MR) is 150 cm³/mol. The molecule has 0 saturated carbocycles. The lowest BCUT2D eigenvalue weighted by molar-refractivity contribution is -0.226. The number of rotatable bonds is 7. The van der Waals surface area contributed by atoms with E-state index >= 15 is 0 Å². The van der Waals surface area contributed by atoms with Crippen LogP contribution in [-0.2, 0) is 31.9 Å². The standard InChI is InChI=1S/C31H37NO6S/c1-19-7-8-22(26(33)28-27(34)29-30(36-28)38-31(2,3)37-29)16-23(19)17-24-9-10-25(39-24)21-6-4-5-20(15-21)18-32-11-13-35-14-12-32/h4-10,15-16,26-30,33-34H,11-14,17-18H2,1-3H3. The normalized spacial score (nSPS) is 27.5. The van der Waals surface area contributed by atoms with E-state index in [0.29, 0.717) is 5.56 Å². The van der Waals surface area contributed by atoms with Gasteiger partial charge in [0.2, 0.25) is 0 Å². The van der Waals surface area contributed by atoms with Crippen LogP contribution in [-0.4, -0.2) is 71.8 Å². The van der Waals surface area contributed by atoms with Crippen LogP contribution < -0.4 is 0 Å². The van der Waals surface area contributed by atoms with Gasteiger partial charge in [0, 0.05) is 35.8 Å². The Morgan fingerprint density at radius 1 is 1.05 bits per heavy atom. The lowest BCUT2D eigenvalue weighted by atomic mass is 9.94. The van der Waals surface area contributed by atoms with Crippen LogP contribution in [0.2, 0.25) is 0 Å². The monoisotopic (exact) mass is 551 g/mol. The fourth-order valence-corrected chi connectivity index (χ4v) is 6.72. The first-order valence-corrected chi connectivity index (χ1v) is 14.5. The van der Waals surface area contributed by atoms with E-state index in [0.717, 1.165) is 50.4 Å². The van der Waals surface area contributed by atoms with Crippen molar-refractivity contribution < 1.29 is 29.2 Å². The van der Waals surface area contributed by atoms with Crippen LogP contribution in [0.1, 0.15) is 47.1 Å². The summed E-state index contributed by atoms with van der Waals surface area (Å²) in [6.45, 7) is 10.2. The Kier molecular flexibility index (Phi) is 7.65. The van der Waals surface area contributed by atoms with Crippen molar-refractivity contribution in [2.75, 3.05) is 26.3 Å². The summed E-state index contributed by atoms with van der Waals surface area (Å²) < 4.78 is 22.9. The fraction of sp³-hybridized carbons (Fsp3) is 0.484. The molecule has 8 heteroatoms. The molecule has 2 N–H and O–H groups in total. The third-order valence-corrected chi connectivity index (χ3v) is 8.96. The van der Waals surface area contributed by atoms with Crippen molar-refractivity contribution in [1.82, 2.24) is 4.90 Å². The van der Waals surface area contributed by atoms with Crippen LogP contribution in [0, 0.1) is 6.92 Å². The molecular formula is C31H37NO6S. The van der Waals surface area contributed by atoms with E-state index in [9.17, 15) is 10.2 Å². The highest BCUT2D eigenvalue weighted by Crippen LogP contribution is 2.41. The number of nitrogens with zero attached hydrogens (tertiary/aromatic N) is 1. The number of ether oxygens (including phenoxy) is 4. The van der Waals surface area contributed by atoms with Crippen LogP contribution in [0.4, 0.5) is 0 Å². The Labute approximate surface area is 233 Å². The van der Waals surface area contributed by atoms with Crippen molar-refractivity contribution >= 4 is 11.3 Å². The van der Waals surface area contributed by atoms with E-state index < -0.39 is 36.5 Å². The molecule has 3 fully saturated rings. The number of morpholine rings is 1. The van der Waals surface area contributed by atoms with Gasteiger partial charge in [0.15, 0.2) is 12.1 Å². The van der Waals surface area contributed by atoms with E-state index in [4.69, 9.17) is 18.9 Å².